The molecule has 0 aromatic carbocycles. The van der Waals surface area contributed by atoms with Gasteiger partial charge < -0.3 is 4.90 Å². The molecule has 7 nitrogen and oxygen atoms in total. The number of hydrogen-bond donors (Lipinski definition) is 0. The van der Waals surface area contributed by atoms with Gasteiger partial charge in [-0.2, -0.15) is 5.10 Å². The summed E-state index contributed by atoms with van der Waals surface area (Å²) in [5.41, 5.74) is 2.58. The normalized spacial score (nSPS) is 15.1. The van der Waals surface area contributed by atoms with Gasteiger partial charge in [-0.1, -0.05) is 0 Å². The lowest BCUT2D eigenvalue weighted by Gasteiger charge is -2.30. The topological polar surface area (TPSA) is 81.0 Å². The molecule has 3 aromatic heterocycles. The first-order valence-corrected chi connectivity index (χ1v) is 9.51. The number of piperidine rings is 1. The number of likely N-dealkylation sites (tertiary alicyclic amines) is 1. The molecule has 1 fully saturated rings. The number of amides is 1. The van der Waals surface area contributed by atoms with E-state index in [1.165, 1.54) is 0 Å². The average Bonchev–Trinajstić information content (AvgIpc) is 3.14. The van der Waals surface area contributed by atoms with E-state index in [0.29, 0.717) is 19.5 Å². The number of carbonyl (C=O) groups excluding carboxylic acids is 2. The van der Waals surface area contributed by atoms with Crippen LogP contribution in [0.2, 0.25) is 0 Å². The van der Waals surface area contributed by atoms with Gasteiger partial charge in [-0.25, -0.2) is 0 Å². The summed E-state index contributed by atoms with van der Waals surface area (Å²) < 4.78 is 1.75. The Hall–Kier alpha value is -3.09. The highest BCUT2D eigenvalue weighted by molar-refractivity contribution is 5.87. The molecule has 0 bridgehead atoms. The zero-order chi connectivity index (χ0) is 19.7. The molecule has 1 aliphatic rings. The third kappa shape index (κ3) is 3.78. The average molecular weight is 377 g/mol. The molecule has 0 atom stereocenters. The fourth-order valence-electron chi connectivity index (χ4n) is 3.73. The summed E-state index contributed by atoms with van der Waals surface area (Å²) >= 11 is 0. The number of ketones is 1. The van der Waals surface area contributed by atoms with Gasteiger partial charge in [0.25, 0.3) is 0 Å². The second kappa shape index (κ2) is 7.50. The SMILES string of the molecule is CC(=O)N1CCC(C(=O)Cc2cc3cc(-c4cnn(C)c4)ncc3cn2)CC1. The van der Waals surface area contributed by atoms with Gasteiger partial charge in [0.1, 0.15) is 5.78 Å². The minimum Gasteiger partial charge on any atom is -0.343 e. The van der Waals surface area contributed by atoms with Crippen molar-refractivity contribution in [3.63, 3.8) is 0 Å². The lowest BCUT2D eigenvalue weighted by atomic mass is 9.90. The first-order valence-electron chi connectivity index (χ1n) is 9.51. The van der Waals surface area contributed by atoms with E-state index in [0.717, 1.165) is 40.6 Å². The zero-order valence-electron chi connectivity index (χ0n) is 16.1. The molecule has 4 rings (SSSR count). The summed E-state index contributed by atoms with van der Waals surface area (Å²) in [4.78, 5) is 34.9. The Labute approximate surface area is 163 Å². The molecule has 0 radical (unpaired) electrons. The van der Waals surface area contributed by atoms with Crippen LogP contribution in [0.4, 0.5) is 0 Å². The molecule has 1 aliphatic heterocycles. The predicted octanol–water partition coefficient (Wildman–Crippen LogP) is 2.40. The standard InChI is InChI=1S/C21H23N5O2/c1-14(27)26-5-3-15(4-6-26)21(28)9-19-7-16-8-20(18-12-24-25(2)13-18)23-11-17(16)10-22-19/h7-8,10-13,15H,3-6,9H2,1-2H3. The molecule has 1 amide bonds. The Morgan fingerprint density at radius 3 is 2.50 bits per heavy atom. The first kappa shape index (κ1) is 18.3. The van der Waals surface area contributed by atoms with Crippen LogP contribution in [0.15, 0.2) is 36.9 Å². The van der Waals surface area contributed by atoms with Crippen LogP contribution in [0.5, 0.6) is 0 Å². The van der Waals surface area contributed by atoms with Crippen molar-refractivity contribution in [3.8, 4) is 11.3 Å². The van der Waals surface area contributed by atoms with Crippen LogP contribution < -0.4 is 0 Å². The molecule has 4 heterocycles. The summed E-state index contributed by atoms with van der Waals surface area (Å²) in [5.74, 6) is 0.299. The Morgan fingerprint density at radius 1 is 1.07 bits per heavy atom. The van der Waals surface area contributed by atoms with Crippen molar-refractivity contribution in [2.24, 2.45) is 13.0 Å². The van der Waals surface area contributed by atoms with E-state index in [1.807, 2.05) is 30.3 Å². The summed E-state index contributed by atoms with van der Waals surface area (Å²) in [5, 5.41) is 6.15. The highest BCUT2D eigenvalue weighted by Crippen LogP contribution is 2.23. The molecule has 0 unspecified atom stereocenters. The fourth-order valence-corrected chi connectivity index (χ4v) is 3.73. The zero-order valence-corrected chi connectivity index (χ0v) is 16.1. The maximum Gasteiger partial charge on any atom is 0.219 e. The number of rotatable bonds is 4. The van der Waals surface area contributed by atoms with Crippen molar-refractivity contribution in [1.82, 2.24) is 24.6 Å². The molecule has 144 valence electrons. The fraction of sp³-hybridized carbons (Fsp3) is 0.381. The van der Waals surface area contributed by atoms with Gasteiger partial charge in [0.2, 0.25) is 5.91 Å². The van der Waals surface area contributed by atoms with Crippen molar-refractivity contribution >= 4 is 22.5 Å². The van der Waals surface area contributed by atoms with Gasteiger partial charge in [0, 0.05) is 74.6 Å². The highest BCUT2D eigenvalue weighted by atomic mass is 16.2. The van der Waals surface area contributed by atoms with Crippen LogP contribution >= 0.6 is 0 Å². The van der Waals surface area contributed by atoms with Crippen LogP contribution in [0, 0.1) is 5.92 Å². The maximum absolute atomic E-state index is 12.7. The molecule has 7 heteroatoms. The number of nitrogens with zero attached hydrogens (tertiary/aromatic N) is 5. The number of aryl methyl sites for hydroxylation is 1. The molecule has 28 heavy (non-hydrogen) atoms. The van der Waals surface area contributed by atoms with E-state index >= 15 is 0 Å². The third-order valence-electron chi connectivity index (χ3n) is 5.41. The van der Waals surface area contributed by atoms with Crippen molar-refractivity contribution in [2.75, 3.05) is 13.1 Å². The van der Waals surface area contributed by atoms with E-state index in [-0.39, 0.29) is 17.6 Å². The van der Waals surface area contributed by atoms with E-state index in [1.54, 1.807) is 30.2 Å². The minimum absolute atomic E-state index is 0.0106. The summed E-state index contributed by atoms with van der Waals surface area (Å²) in [6, 6.07) is 3.98. The van der Waals surface area contributed by atoms with Crippen LogP contribution in [0.3, 0.4) is 0 Å². The van der Waals surface area contributed by atoms with E-state index < -0.39 is 0 Å². The van der Waals surface area contributed by atoms with E-state index in [4.69, 9.17) is 0 Å². The molecule has 0 spiro atoms. The second-order valence-corrected chi connectivity index (χ2v) is 7.42. The van der Waals surface area contributed by atoms with Crippen molar-refractivity contribution in [2.45, 2.75) is 26.2 Å². The van der Waals surface area contributed by atoms with Crippen LogP contribution in [0.25, 0.3) is 22.0 Å². The largest absolute Gasteiger partial charge is 0.343 e. The smallest absolute Gasteiger partial charge is 0.219 e. The van der Waals surface area contributed by atoms with Crippen molar-refractivity contribution in [1.29, 1.82) is 0 Å². The van der Waals surface area contributed by atoms with Crippen LogP contribution in [-0.4, -0.2) is 49.4 Å². The molecule has 0 saturated carbocycles. The molecular weight excluding hydrogens is 354 g/mol. The highest BCUT2D eigenvalue weighted by Gasteiger charge is 2.26. The Bertz CT molecular complexity index is 1030. The first-order chi connectivity index (χ1) is 13.5. The number of pyridine rings is 2. The lowest BCUT2D eigenvalue weighted by Crippen LogP contribution is -2.39. The van der Waals surface area contributed by atoms with Crippen LogP contribution in [-0.2, 0) is 23.1 Å². The number of aromatic nitrogens is 4. The predicted molar refractivity (Wildman–Crippen MR) is 105 cm³/mol. The summed E-state index contributed by atoms with van der Waals surface area (Å²) in [6.45, 7) is 2.91. The van der Waals surface area contributed by atoms with Gasteiger partial charge >= 0.3 is 0 Å². The molecular formula is C21H23N5O2. The van der Waals surface area contributed by atoms with Gasteiger partial charge in [0.05, 0.1) is 11.9 Å². The van der Waals surface area contributed by atoms with E-state index in [2.05, 4.69) is 15.1 Å². The molecule has 0 aliphatic carbocycles. The summed E-state index contributed by atoms with van der Waals surface area (Å²) in [6.07, 6.45) is 9.08. The Morgan fingerprint density at radius 2 is 1.82 bits per heavy atom. The quantitative estimate of drug-likeness (QED) is 0.697. The molecule has 1 saturated heterocycles. The third-order valence-corrected chi connectivity index (χ3v) is 5.41. The molecule has 0 N–H and O–H groups in total. The Kier molecular flexibility index (Phi) is 4.90. The Balaban J connectivity index is 1.49. The number of carbonyl (C=O) groups is 2. The maximum atomic E-state index is 12.7. The van der Waals surface area contributed by atoms with Gasteiger partial charge in [-0.05, 0) is 30.4 Å². The lowest BCUT2D eigenvalue weighted by molar-refractivity contribution is -0.133. The minimum atomic E-state index is 0.0106. The molecule has 3 aromatic rings. The monoisotopic (exact) mass is 377 g/mol. The van der Waals surface area contributed by atoms with Gasteiger partial charge in [-0.3, -0.25) is 24.2 Å². The van der Waals surface area contributed by atoms with Crippen molar-refractivity contribution < 1.29 is 9.59 Å². The van der Waals surface area contributed by atoms with Gasteiger partial charge in [-0.15, -0.1) is 0 Å². The van der Waals surface area contributed by atoms with Crippen LogP contribution in [0.1, 0.15) is 25.5 Å². The number of fused-ring (bicyclic) bond motifs is 1. The number of Topliss-reactive ketones (excluding diaryl/α,β-unsaturated/α-hetero) is 1. The van der Waals surface area contributed by atoms with E-state index in [9.17, 15) is 9.59 Å². The number of hydrogen-bond acceptors (Lipinski definition) is 5. The summed E-state index contributed by atoms with van der Waals surface area (Å²) in [7, 11) is 1.87. The van der Waals surface area contributed by atoms with Crippen molar-refractivity contribution in [3.05, 3.63) is 42.6 Å². The second-order valence-electron chi connectivity index (χ2n) is 7.42. The van der Waals surface area contributed by atoms with Gasteiger partial charge in [0.15, 0.2) is 0 Å².